The fourth-order valence-electron chi connectivity index (χ4n) is 6.85. The van der Waals surface area contributed by atoms with Gasteiger partial charge < -0.3 is 14.2 Å². The normalized spacial score (nSPS) is 11.8. The molecule has 0 bridgehead atoms. The molecule has 6 nitrogen and oxygen atoms in total. The van der Waals surface area contributed by atoms with E-state index in [9.17, 15) is 14.4 Å². The summed E-state index contributed by atoms with van der Waals surface area (Å²) in [6.45, 7) is 6.57. The van der Waals surface area contributed by atoms with E-state index in [0.29, 0.717) is 19.3 Å². The minimum Gasteiger partial charge on any atom is -0.462 e. The van der Waals surface area contributed by atoms with Gasteiger partial charge in [0.25, 0.3) is 0 Å². The quantitative estimate of drug-likeness (QED) is 0.0353. The van der Waals surface area contributed by atoms with Crippen LogP contribution in [0.25, 0.3) is 0 Å². The Balaban J connectivity index is 4.10. The van der Waals surface area contributed by atoms with Crippen molar-refractivity contribution in [3.05, 3.63) is 0 Å². The summed E-state index contributed by atoms with van der Waals surface area (Å²) < 4.78 is 16.6. The van der Waals surface area contributed by atoms with Gasteiger partial charge in [-0.05, 0) is 19.3 Å². The van der Waals surface area contributed by atoms with Crippen LogP contribution in [-0.2, 0) is 28.6 Å². The van der Waals surface area contributed by atoms with E-state index in [1.807, 2.05) is 0 Å². The summed E-state index contributed by atoms with van der Waals surface area (Å²) in [5.41, 5.74) is 0. The molecule has 0 aliphatic carbocycles. The summed E-state index contributed by atoms with van der Waals surface area (Å²) in [6.07, 6.45) is 42.6. The molecule has 0 N–H and O–H groups in total. The zero-order chi connectivity index (χ0) is 38.0. The molecule has 0 rings (SSSR count). The van der Waals surface area contributed by atoms with E-state index in [4.69, 9.17) is 14.2 Å². The molecular weight excluding hydrogens is 649 g/mol. The van der Waals surface area contributed by atoms with Crippen molar-refractivity contribution in [1.29, 1.82) is 0 Å². The van der Waals surface area contributed by atoms with Gasteiger partial charge in [-0.2, -0.15) is 0 Å². The first kappa shape index (κ1) is 50.4. The molecule has 0 spiro atoms. The zero-order valence-corrected chi connectivity index (χ0v) is 35.1. The van der Waals surface area contributed by atoms with Gasteiger partial charge in [0.1, 0.15) is 13.2 Å². The summed E-state index contributed by atoms with van der Waals surface area (Å²) in [6, 6.07) is 0. The number of hydrogen-bond acceptors (Lipinski definition) is 6. The molecule has 0 aromatic heterocycles. The Morgan fingerprint density at radius 1 is 0.308 bits per heavy atom. The van der Waals surface area contributed by atoms with Crippen molar-refractivity contribution in [2.75, 3.05) is 13.2 Å². The lowest BCUT2D eigenvalue weighted by molar-refractivity contribution is -0.167. The lowest BCUT2D eigenvalue weighted by Gasteiger charge is -2.18. The van der Waals surface area contributed by atoms with Gasteiger partial charge in [0.05, 0.1) is 0 Å². The molecule has 6 heteroatoms. The molecule has 52 heavy (non-hydrogen) atoms. The third-order valence-electron chi connectivity index (χ3n) is 10.4. The molecule has 0 heterocycles. The summed E-state index contributed by atoms with van der Waals surface area (Å²) in [7, 11) is 0. The summed E-state index contributed by atoms with van der Waals surface area (Å²) in [4.78, 5) is 37.4. The fourth-order valence-corrected chi connectivity index (χ4v) is 6.85. The molecule has 0 aromatic rings. The molecule has 0 aromatic carbocycles. The van der Waals surface area contributed by atoms with Crippen molar-refractivity contribution in [1.82, 2.24) is 0 Å². The number of carbonyl (C=O) groups is 3. The third-order valence-corrected chi connectivity index (χ3v) is 10.4. The predicted molar refractivity (Wildman–Crippen MR) is 220 cm³/mol. The number of carbonyl (C=O) groups excluding carboxylic acids is 3. The molecule has 0 fully saturated rings. The number of esters is 3. The fraction of sp³-hybridized carbons (Fsp3) is 0.935. The van der Waals surface area contributed by atoms with E-state index >= 15 is 0 Å². The molecule has 0 saturated heterocycles. The van der Waals surface area contributed by atoms with Crippen molar-refractivity contribution in [2.45, 2.75) is 264 Å². The van der Waals surface area contributed by atoms with Crippen LogP contribution in [0.1, 0.15) is 258 Å². The van der Waals surface area contributed by atoms with Crippen LogP contribution in [0.3, 0.4) is 0 Å². The molecule has 0 saturated carbocycles. The minimum atomic E-state index is -0.756. The van der Waals surface area contributed by atoms with E-state index in [0.717, 1.165) is 64.2 Å². The summed E-state index contributed by atoms with van der Waals surface area (Å²) in [5, 5.41) is 0. The van der Waals surface area contributed by atoms with Gasteiger partial charge in [0, 0.05) is 19.3 Å². The molecule has 0 radical (unpaired) electrons. The predicted octanol–water partition coefficient (Wildman–Crippen LogP) is 14.5. The van der Waals surface area contributed by atoms with Crippen molar-refractivity contribution < 1.29 is 28.6 Å². The average Bonchev–Trinajstić information content (AvgIpc) is 3.14. The first-order chi connectivity index (χ1) is 25.5. The van der Waals surface area contributed by atoms with Crippen LogP contribution in [0, 0.1) is 0 Å². The number of unbranched alkanes of at least 4 members (excludes halogenated alkanes) is 31. The number of ether oxygens (including phenoxy) is 3. The Morgan fingerprint density at radius 2 is 0.519 bits per heavy atom. The summed E-state index contributed by atoms with van der Waals surface area (Å²) in [5.74, 6) is -0.866. The third kappa shape index (κ3) is 39.6. The molecule has 0 aliphatic rings. The Morgan fingerprint density at radius 3 is 0.769 bits per heavy atom. The van der Waals surface area contributed by atoms with Crippen molar-refractivity contribution >= 4 is 17.9 Å². The Kier molecular flexibility index (Phi) is 40.9. The standard InChI is InChI=1S/C46H88O6/c1-4-7-10-13-15-17-19-21-22-23-24-25-27-29-31-34-36-39-45(48)51-42-43(52-46(49)40-37-32-12-9-6-3)41-50-44(47)38-35-33-30-28-26-20-18-16-14-11-8-5-2/h43H,4-42H2,1-3H3/t43-/m0/s1. The maximum atomic E-state index is 12.5. The monoisotopic (exact) mass is 737 g/mol. The first-order valence-corrected chi connectivity index (χ1v) is 23.0. The van der Waals surface area contributed by atoms with Crippen LogP contribution in [0.2, 0.25) is 0 Å². The van der Waals surface area contributed by atoms with E-state index in [2.05, 4.69) is 20.8 Å². The number of rotatable bonds is 42. The van der Waals surface area contributed by atoms with E-state index in [1.54, 1.807) is 0 Å². The zero-order valence-electron chi connectivity index (χ0n) is 35.1. The highest BCUT2D eigenvalue weighted by Crippen LogP contribution is 2.16. The topological polar surface area (TPSA) is 78.9 Å². The SMILES string of the molecule is CCCCCCCCCCCCCCCCCCCC(=O)OC[C@H](COC(=O)CCCCCCCCCCCCCC)OC(=O)CCCCCCC. The van der Waals surface area contributed by atoms with Crippen molar-refractivity contribution in [3.63, 3.8) is 0 Å². The average molecular weight is 737 g/mol. The van der Waals surface area contributed by atoms with Crippen LogP contribution in [0.4, 0.5) is 0 Å². The second-order valence-corrected chi connectivity index (χ2v) is 15.7. The van der Waals surface area contributed by atoms with Gasteiger partial charge in [-0.15, -0.1) is 0 Å². The molecular formula is C46H88O6. The second-order valence-electron chi connectivity index (χ2n) is 15.7. The van der Waals surface area contributed by atoms with Crippen molar-refractivity contribution in [2.24, 2.45) is 0 Å². The Hall–Kier alpha value is -1.59. The van der Waals surface area contributed by atoms with Gasteiger partial charge in [-0.3, -0.25) is 14.4 Å². The lowest BCUT2D eigenvalue weighted by Crippen LogP contribution is -2.30. The van der Waals surface area contributed by atoms with Crippen molar-refractivity contribution in [3.8, 4) is 0 Å². The van der Waals surface area contributed by atoms with Gasteiger partial charge in [-0.1, -0.05) is 220 Å². The van der Waals surface area contributed by atoms with E-state index < -0.39 is 6.10 Å². The van der Waals surface area contributed by atoms with Gasteiger partial charge in [-0.25, -0.2) is 0 Å². The highest BCUT2D eigenvalue weighted by Gasteiger charge is 2.19. The Labute approximate surface area is 323 Å². The van der Waals surface area contributed by atoms with Crippen LogP contribution >= 0.6 is 0 Å². The van der Waals surface area contributed by atoms with Crippen LogP contribution < -0.4 is 0 Å². The highest BCUT2D eigenvalue weighted by molar-refractivity contribution is 5.71. The molecule has 0 amide bonds. The van der Waals surface area contributed by atoms with E-state index in [1.165, 1.54) is 154 Å². The maximum absolute atomic E-state index is 12.5. The van der Waals surface area contributed by atoms with Gasteiger partial charge in [0.2, 0.25) is 0 Å². The van der Waals surface area contributed by atoms with Crippen LogP contribution in [0.15, 0.2) is 0 Å². The number of hydrogen-bond donors (Lipinski definition) is 0. The smallest absolute Gasteiger partial charge is 0.306 e. The highest BCUT2D eigenvalue weighted by atomic mass is 16.6. The minimum absolute atomic E-state index is 0.0642. The Bertz CT molecular complexity index is 768. The summed E-state index contributed by atoms with van der Waals surface area (Å²) >= 11 is 0. The molecule has 0 aliphatic heterocycles. The molecule has 0 unspecified atom stereocenters. The maximum Gasteiger partial charge on any atom is 0.306 e. The molecule has 308 valence electrons. The first-order valence-electron chi connectivity index (χ1n) is 23.0. The van der Waals surface area contributed by atoms with Crippen LogP contribution in [0.5, 0.6) is 0 Å². The van der Waals surface area contributed by atoms with Gasteiger partial charge >= 0.3 is 17.9 Å². The van der Waals surface area contributed by atoms with Gasteiger partial charge in [0.15, 0.2) is 6.10 Å². The van der Waals surface area contributed by atoms with Crippen LogP contribution in [-0.4, -0.2) is 37.2 Å². The lowest BCUT2D eigenvalue weighted by atomic mass is 10.0. The largest absolute Gasteiger partial charge is 0.462 e. The second kappa shape index (κ2) is 42.2. The van der Waals surface area contributed by atoms with E-state index in [-0.39, 0.29) is 31.1 Å². The molecule has 1 atom stereocenters.